The van der Waals surface area contributed by atoms with Crippen molar-refractivity contribution in [2.45, 2.75) is 6.04 Å². The van der Waals surface area contributed by atoms with Crippen LogP contribution in [-0.2, 0) is 9.59 Å². The molecule has 1 heterocycles. The van der Waals surface area contributed by atoms with Crippen LogP contribution in [0, 0.1) is 0 Å². The minimum atomic E-state index is -0.857. The number of aliphatic hydroxyl groups is 1. The number of para-hydroxylation sites is 2. The van der Waals surface area contributed by atoms with Gasteiger partial charge in [-0.1, -0.05) is 24.3 Å². The highest BCUT2D eigenvalue weighted by molar-refractivity contribution is 6.46. The van der Waals surface area contributed by atoms with Crippen molar-refractivity contribution in [3.05, 3.63) is 59.2 Å². The first-order chi connectivity index (χ1) is 15.3. The monoisotopic (exact) mass is 440 g/mol. The van der Waals surface area contributed by atoms with Crippen LogP contribution in [0.1, 0.15) is 17.2 Å². The molecule has 1 unspecified atom stereocenters. The molecule has 0 bridgehead atoms. The van der Waals surface area contributed by atoms with Gasteiger partial charge in [0, 0.05) is 18.7 Å². The van der Waals surface area contributed by atoms with E-state index in [2.05, 4.69) is 0 Å². The summed E-state index contributed by atoms with van der Waals surface area (Å²) in [6.07, 6.45) is 0. The smallest absolute Gasteiger partial charge is 0.295 e. The highest BCUT2D eigenvalue weighted by Gasteiger charge is 2.47. The fourth-order valence-corrected chi connectivity index (χ4v) is 3.85. The summed E-state index contributed by atoms with van der Waals surface area (Å²) < 4.78 is 16.4. The van der Waals surface area contributed by atoms with E-state index in [1.54, 1.807) is 42.5 Å². The van der Waals surface area contributed by atoms with Crippen LogP contribution in [0.25, 0.3) is 5.76 Å². The fraction of sp³-hybridized carbons (Fsp3) is 0.333. The summed E-state index contributed by atoms with van der Waals surface area (Å²) in [7, 11) is 8.25. The van der Waals surface area contributed by atoms with E-state index in [0.717, 1.165) is 0 Å². The van der Waals surface area contributed by atoms with Crippen LogP contribution in [0.5, 0.6) is 17.2 Å². The number of hydrogen-bond acceptors (Lipinski definition) is 7. The number of carbonyl (C=O) groups excluding carboxylic acids is 2. The molecule has 0 radical (unpaired) electrons. The van der Waals surface area contributed by atoms with Crippen molar-refractivity contribution in [3.63, 3.8) is 0 Å². The second-order valence-electron chi connectivity index (χ2n) is 7.58. The first-order valence-corrected chi connectivity index (χ1v) is 10.1. The Kier molecular flexibility index (Phi) is 7.05. The molecule has 0 saturated carbocycles. The number of methoxy groups -OCH3 is 3. The normalized spacial score (nSPS) is 17.7. The van der Waals surface area contributed by atoms with Crippen LogP contribution in [-0.4, -0.2) is 75.1 Å². The number of carbonyl (C=O) groups is 2. The lowest BCUT2D eigenvalue weighted by Crippen LogP contribution is -2.35. The third-order valence-electron chi connectivity index (χ3n) is 5.42. The van der Waals surface area contributed by atoms with Gasteiger partial charge in [0.2, 0.25) is 0 Å². The molecule has 1 amide bonds. The number of benzene rings is 2. The SMILES string of the molecule is COc1ccccc1/C(O)=C1\C(=O)C(=O)N(CCN(C)C)C1c1cccc(OC)c1OC. The molecule has 1 saturated heterocycles. The summed E-state index contributed by atoms with van der Waals surface area (Å²) >= 11 is 0. The Morgan fingerprint density at radius 2 is 1.62 bits per heavy atom. The van der Waals surface area contributed by atoms with E-state index in [1.165, 1.54) is 26.2 Å². The molecule has 3 rings (SSSR count). The summed E-state index contributed by atoms with van der Waals surface area (Å²) in [5, 5.41) is 11.3. The quantitative estimate of drug-likeness (QED) is 0.384. The third-order valence-corrected chi connectivity index (χ3v) is 5.42. The molecule has 1 aliphatic heterocycles. The van der Waals surface area contributed by atoms with Crippen molar-refractivity contribution in [2.75, 3.05) is 48.5 Å². The number of ketones is 1. The molecule has 1 fully saturated rings. The van der Waals surface area contributed by atoms with Crippen molar-refractivity contribution in [3.8, 4) is 17.2 Å². The minimum Gasteiger partial charge on any atom is -0.507 e. The van der Waals surface area contributed by atoms with E-state index in [9.17, 15) is 14.7 Å². The highest BCUT2D eigenvalue weighted by atomic mass is 16.5. The number of hydrogen-bond donors (Lipinski definition) is 1. The van der Waals surface area contributed by atoms with Gasteiger partial charge in [-0.3, -0.25) is 9.59 Å². The van der Waals surface area contributed by atoms with Crippen LogP contribution >= 0.6 is 0 Å². The lowest BCUT2D eigenvalue weighted by Gasteiger charge is -2.28. The molecule has 8 heteroatoms. The molecule has 0 spiro atoms. The average Bonchev–Trinajstić information content (AvgIpc) is 3.06. The molecule has 1 aliphatic rings. The maximum absolute atomic E-state index is 13.2. The molecular weight excluding hydrogens is 412 g/mol. The maximum atomic E-state index is 13.2. The summed E-state index contributed by atoms with van der Waals surface area (Å²) in [5.41, 5.74) is 0.846. The first-order valence-electron chi connectivity index (χ1n) is 10.1. The Labute approximate surface area is 187 Å². The number of likely N-dealkylation sites (tertiary alicyclic amines) is 1. The van der Waals surface area contributed by atoms with Gasteiger partial charge < -0.3 is 29.1 Å². The molecule has 2 aromatic rings. The van der Waals surface area contributed by atoms with Crippen molar-refractivity contribution < 1.29 is 28.9 Å². The van der Waals surface area contributed by atoms with E-state index < -0.39 is 17.7 Å². The van der Waals surface area contributed by atoms with Gasteiger partial charge >= 0.3 is 0 Å². The number of aliphatic hydroxyl groups excluding tert-OH is 1. The summed E-state index contributed by atoms with van der Waals surface area (Å²) in [4.78, 5) is 29.6. The number of rotatable bonds is 8. The van der Waals surface area contributed by atoms with E-state index in [0.29, 0.717) is 34.9 Å². The number of likely N-dealkylation sites (N-methyl/N-ethyl adjacent to an activating group) is 1. The van der Waals surface area contributed by atoms with Gasteiger partial charge in [0.05, 0.1) is 38.5 Å². The van der Waals surface area contributed by atoms with Gasteiger partial charge in [0.15, 0.2) is 11.5 Å². The van der Waals surface area contributed by atoms with E-state index >= 15 is 0 Å². The van der Waals surface area contributed by atoms with Gasteiger partial charge in [-0.05, 0) is 32.3 Å². The number of amides is 1. The molecule has 8 nitrogen and oxygen atoms in total. The largest absolute Gasteiger partial charge is 0.507 e. The Bertz CT molecular complexity index is 1050. The Morgan fingerprint density at radius 3 is 2.25 bits per heavy atom. The Morgan fingerprint density at radius 1 is 0.969 bits per heavy atom. The lowest BCUT2D eigenvalue weighted by atomic mass is 9.94. The predicted molar refractivity (Wildman–Crippen MR) is 120 cm³/mol. The second-order valence-corrected chi connectivity index (χ2v) is 7.58. The molecule has 2 aromatic carbocycles. The first kappa shape index (κ1) is 23.1. The third kappa shape index (κ3) is 4.13. The van der Waals surface area contributed by atoms with E-state index in [-0.39, 0.29) is 17.9 Å². The molecular formula is C24H28N2O6. The van der Waals surface area contributed by atoms with Gasteiger partial charge in [-0.15, -0.1) is 0 Å². The van der Waals surface area contributed by atoms with E-state index in [1.807, 2.05) is 19.0 Å². The van der Waals surface area contributed by atoms with Crippen LogP contribution in [0.2, 0.25) is 0 Å². The van der Waals surface area contributed by atoms with Crippen LogP contribution in [0.4, 0.5) is 0 Å². The summed E-state index contributed by atoms with van der Waals surface area (Å²) in [6.45, 7) is 0.815. The highest BCUT2D eigenvalue weighted by Crippen LogP contribution is 2.46. The minimum absolute atomic E-state index is 0.0233. The van der Waals surface area contributed by atoms with Gasteiger partial charge in [-0.2, -0.15) is 0 Å². The molecule has 170 valence electrons. The van der Waals surface area contributed by atoms with Crippen LogP contribution < -0.4 is 14.2 Å². The summed E-state index contributed by atoms with van der Waals surface area (Å²) in [6, 6.07) is 11.2. The zero-order valence-corrected chi connectivity index (χ0v) is 18.9. The number of ether oxygens (including phenoxy) is 3. The lowest BCUT2D eigenvalue weighted by molar-refractivity contribution is -0.140. The van der Waals surface area contributed by atoms with Crippen molar-refractivity contribution in [1.29, 1.82) is 0 Å². The molecule has 1 N–H and O–H groups in total. The van der Waals surface area contributed by atoms with Crippen molar-refractivity contribution in [1.82, 2.24) is 9.80 Å². The standard InChI is InChI=1S/C24H28N2O6/c1-25(2)13-14-26-20(16-10-8-12-18(31-4)23(16)32-5)19(22(28)24(26)29)21(27)15-9-6-7-11-17(15)30-3/h6-12,20,27H,13-14H2,1-5H3/b21-19+. The maximum Gasteiger partial charge on any atom is 0.295 e. The Hall–Kier alpha value is -3.52. The van der Waals surface area contributed by atoms with Crippen LogP contribution in [0.3, 0.4) is 0 Å². The molecule has 32 heavy (non-hydrogen) atoms. The average molecular weight is 440 g/mol. The zero-order valence-electron chi connectivity index (χ0n) is 18.9. The second kappa shape index (κ2) is 9.74. The molecule has 0 aliphatic carbocycles. The molecule has 0 aromatic heterocycles. The fourth-order valence-electron chi connectivity index (χ4n) is 3.85. The zero-order chi connectivity index (χ0) is 23.4. The van der Waals surface area contributed by atoms with Gasteiger partial charge in [0.1, 0.15) is 11.5 Å². The number of Topliss-reactive ketones (excluding diaryl/α,β-unsaturated/α-hetero) is 1. The van der Waals surface area contributed by atoms with Gasteiger partial charge in [0.25, 0.3) is 11.7 Å². The molecule has 1 atom stereocenters. The topological polar surface area (TPSA) is 88.5 Å². The summed E-state index contributed by atoms with van der Waals surface area (Å²) in [5.74, 6) is -0.507. The van der Waals surface area contributed by atoms with Gasteiger partial charge in [-0.25, -0.2) is 0 Å². The van der Waals surface area contributed by atoms with Crippen molar-refractivity contribution in [2.24, 2.45) is 0 Å². The van der Waals surface area contributed by atoms with Crippen LogP contribution in [0.15, 0.2) is 48.0 Å². The van der Waals surface area contributed by atoms with Crippen molar-refractivity contribution >= 4 is 17.4 Å². The Balaban J connectivity index is 2.28. The number of nitrogens with zero attached hydrogens (tertiary/aromatic N) is 2. The predicted octanol–water partition coefficient (Wildman–Crippen LogP) is 2.70. The van der Waals surface area contributed by atoms with E-state index in [4.69, 9.17) is 14.2 Å².